The fourth-order valence-electron chi connectivity index (χ4n) is 3.92. The summed E-state index contributed by atoms with van der Waals surface area (Å²) in [4.78, 5) is 8.47. The lowest BCUT2D eigenvalue weighted by atomic mass is 10.0. The summed E-state index contributed by atoms with van der Waals surface area (Å²) >= 11 is 0. The number of guanidine groups is 1. The molecule has 1 fully saturated rings. The van der Waals surface area contributed by atoms with Crippen LogP contribution in [0, 0.1) is 11.6 Å². The molecule has 0 spiro atoms. The van der Waals surface area contributed by atoms with E-state index in [1.165, 1.54) is 31.0 Å². The van der Waals surface area contributed by atoms with Gasteiger partial charge in [-0.1, -0.05) is 6.07 Å². The first-order valence-electron chi connectivity index (χ1n) is 10.3. The summed E-state index contributed by atoms with van der Waals surface area (Å²) in [5, 5.41) is 6.55. The second kappa shape index (κ2) is 10.5. The summed E-state index contributed by atoms with van der Waals surface area (Å²) in [7, 11) is 5.28. The van der Waals surface area contributed by atoms with Gasteiger partial charge in [0.25, 0.3) is 0 Å². The Balaban J connectivity index is 1.64. The lowest BCUT2D eigenvalue weighted by Gasteiger charge is -2.28. The molecule has 1 aromatic carbocycles. The number of hydrogen-bond donors (Lipinski definition) is 2. The maximum absolute atomic E-state index is 14.3. The van der Waals surface area contributed by atoms with Crippen LogP contribution in [-0.4, -0.2) is 63.1 Å². The van der Waals surface area contributed by atoms with Crippen molar-refractivity contribution in [2.24, 2.45) is 4.99 Å². The number of hydrogen-bond acceptors (Lipinski definition) is 4. The molecule has 30 heavy (non-hydrogen) atoms. The van der Waals surface area contributed by atoms with E-state index in [2.05, 4.69) is 20.5 Å². The number of rotatable bonds is 8. The Hall–Kier alpha value is -2.45. The highest BCUT2D eigenvalue weighted by molar-refractivity contribution is 5.79. The minimum Gasteiger partial charge on any atom is -0.468 e. The molecule has 0 bridgehead atoms. The predicted molar refractivity (Wildman–Crippen MR) is 114 cm³/mol. The molecular weight excluding hydrogens is 388 g/mol. The van der Waals surface area contributed by atoms with E-state index >= 15 is 0 Å². The van der Waals surface area contributed by atoms with E-state index in [-0.39, 0.29) is 11.6 Å². The molecule has 2 atom stereocenters. The van der Waals surface area contributed by atoms with Gasteiger partial charge in [0, 0.05) is 25.7 Å². The molecule has 1 saturated heterocycles. The van der Waals surface area contributed by atoms with Crippen molar-refractivity contribution in [2.75, 3.05) is 47.3 Å². The molecule has 2 heterocycles. The van der Waals surface area contributed by atoms with E-state index in [1.807, 2.05) is 12.1 Å². The lowest BCUT2D eigenvalue weighted by Crippen LogP contribution is -2.45. The van der Waals surface area contributed by atoms with Crippen LogP contribution in [0.2, 0.25) is 0 Å². The maximum atomic E-state index is 14.3. The van der Waals surface area contributed by atoms with Crippen LogP contribution in [0.5, 0.6) is 0 Å². The molecule has 0 radical (unpaired) electrons. The molecule has 1 aliphatic rings. The summed E-state index contributed by atoms with van der Waals surface area (Å²) < 4.78 is 34.2. The van der Waals surface area contributed by atoms with Gasteiger partial charge >= 0.3 is 0 Å². The second-order valence-electron chi connectivity index (χ2n) is 7.72. The molecule has 0 saturated carbocycles. The van der Waals surface area contributed by atoms with Crippen molar-refractivity contribution in [1.82, 2.24) is 20.4 Å². The topological polar surface area (TPSA) is 56.0 Å². The fourth-order valence-corrected chi connectivity index (χ4v) is 3.92. The average molecular weight is 420 g/mol. The van der Waals surface area contributed by atoms with Crippen LogP contribution in [0.4, 0.5) is 8.78 Å². The zero-order valence-corrected chi connectivity index (χ0v) is 17.9. The number of benzene rings is 1. The number of likely N-dealkylation sites (N-methyl/N-ethyl adjacent to an activating group) is 1. The van der Waals surface area contributed by atoms with Crippen molar-refractivity contribution in [1.29, 1.82) is 0 Å². The van der Waals surface area contributed by atoms with E-state index in [0.717, 1.165) is 18.8 Å². The first-order chi connectivity index (χ1) is 14.5. The molecule has 6 nitrogen and oxygen atoms in total. The van der Waals surface area contributed by atoms with Gasteiger partial charge in [-0.2, -0.15) is 0 Å². The summed E-state index contributed by atoms with van der Waals surface area (Å²) in [6.07, 6.45) is 4.06. The number of likely N-dealkylation sites (tertiary alicyclic amines) is 1. The van der Waals surface area contributed by atoms with Gasteiger partial charge in [-0.25, -0.2) is 8.78 Å². The van der Waals surface area contributed by atoms with Gasteiger partial charge in [-0.3, -0.25) is 9.89 Å². The summed E-state index contributed by atoms with van der Waals surface area (Å²) in [5.41, 5.74) is 0.0518. The van der Waals surface area contributed by atoms with Crippen LogP contribution in [0.25, 0.3) is 0 Å². The van der Waals surface area contributed by atoms with E-state index < -0.39 is 17.7 Å². The van der Waals surface area contributed by atoms with Gasteiger partial charge in [0.2, 0.25) is 0 Å². The normalized spacial score (nSPS) is 17.3. The second-order valence-corrected chi connectivity index (χ2v) is 7.72. The Labute approximate surface area is 177 Å². The Morgan fingerprint density at radius 3 is 2.33 bits per heavy atom. The minimum atomic E-state index is -0.551. The summed E-state index contributed by atoms with van der Waals surface area (Å²) in [6.45, 7) is 3.00. The third-order valence-corrected chi connectivity index (χ3v) is 5.56. The molecule has 2 unspecified atom stereocenters. The summed E-state index contributed by atoms with van der Waals surface area (Å²) in [6, 6.07) is 7.46. The largest absolute Gasteiger partial charge is 0.468 e. The Kier molecular flexibility index (Phi) is 7.81. The zero-order chi connectivity index (χ0) is 21.5. The molecule has 1 aliphatic heterocycles. The monoisotopic (exact) mass is 419 g/mol. The van der Waals surface area contributed by atoms with Crippen LogP contribution < -0.4 is 10.6 Å². The van der Waals surface area contributed by atoms with Crippen molar-refractivity contribution in [3.05, 3.63) is 59.6 Å². The van der Waals surface area contributed by atoms with Crippen molar-refractivity contribution in [3.63, 3.8) is 0 Å². The Morgan fingerprint density at radius 1 is 1.10 bits per heavy atom. The summed E-state index contributed by atoms with van der Waals surface area (Å²) in [5.74, 6) is 0.393. The number of furan rings is 1. The van der Waals surface area contributed by atoms with Crippen molar-refractivity contribution in [2.45, 2.75) is 24.9 Å². The SMILES string of the molecule is CN=C(NCC(c1c(F)cccc1F)N(C)C)NCC(c1ccco1)N1CCCC1. The fraction of sp³-hybridized carbons (Fsp3) is 0.500. The minimum absolute atomic E-state index is 0.0518. The van der Waals surface area contributed by atoms with Gasteiger partial charge in [0.1, 0.15) is 17.4 Å². The Bertz CT molecular complexity index is 799. The molecular formula is C22H31F2N5O. The van der Waals surface area contributed by atoms with Crippen LogP contribution in [0.3, 0.4) is 0 Å². The van der Waals surface area contributed by atoms with Crippen LogP contribution in [-0.2, 0) is 0 Å². The maximum Gasteiger partial charge on any atom is 0.191 e. The molecule has 1 aromatic heterocycles. The molecule has 2 N–H and O–H groups in total. The van der Waals surface area contributed by atoms with Gasteiger partial charge in [-0.05, 0) is 64.3 Å². The van der Waals surface area contributed by atoms with Crippen molar-refractivity contribution >= 4 is 5.96 Å². The standard InChI is InChI=1S/C22H31F2N5O/c1-25-22(26-14-18(20-10-7-13-30-20)29-11-4-5-12-29)27-15-19(28(2)3)21-16(23)8-6-9-17(21)24/h6-10,13,18-19H,4-5,11-12,14-15H2,1-3H3,(H2,25,26,27). The molecule has 0 aliphatic carbocycles. The molecule has 3 rings (SSSR count). The molecule has 2 aromatic rings. The first kappa shape index (κ1) is 22.2. The van der Waals surface area contributed by atoms with Crippen molar-refractivity contribution < 1.29 is 13.2 Å². The number of aliphatic imine (C=N–C) groups is 1. The van der Waals surface area contributed by atoms with Gasteiger partial charge in [0.05, 0.1) is 18.3 Å². The average Bonchev–Trinajstić information content (AvgIpc) is 3.43. The molecule has 0 amide bonds. The first-order valence-corrected chi connectivity index (χ1v) is 10.3. The number of nitrogens with one attached hydrogen (secondary N) is 2. The van der Waals surface area contributed by atoms with E-state index in [1.54, 1.807) is 32.3 Å². The van der Waals surface area contributed by atoms with Crippen LogP contribution in [0.1, 0.15) is 36.2 Å². The van der Waals surface area contributed by atoms with Crippen molar-refractivity contribution in [3.8, 4) is 0 Å². The van der Waals surface area contributed by atoms with E-state index in [9.17, 15) is 8.78 Å². The predicted octanol–water partition coefficient (Wildman–Crippen LogP) is 3.16. The quantitative estimate of drug-likeness (QED) is 0.509. The highest BCUT2D eigenvalue weighted by Gasteiger charge is 2.26. The third-order valence-electron chi connectivity index (χ3n) is 5.56. The molecule has 164 valence electrons. The molecule has 8 heteroatoms. The van der Waals surface area contributed by atoms with Crippen LogP contribution >= 0.6 is 0 Å². The highest BCUT2D eigenvalue weighted by atomic mass is 19.1. The van der Waals surface area contributed by atoms with E-state index in [4.69, 9.17) is 4.42 Å². The zero-order valence-electron chi connectivity index (χ0n) is 17.9. The van der Waals surface area contributed by atoms with Gasteiger partial charge in [-0.15, -0.1) is 0 Å². The van der Waals surface area contributed by atoms with Gasteiger partial charge in [0.15, 0.2) is 5.96 Å². The Morgan fingerprint density at radius 2 is 1.77 bits per heavy atom. The number of nitrogens with zero attached hydrogens (tertiary/aromatic N) is 3. The van der Waals surface area contributed by atoms with Crippen LogP contribution in [0.15, 0.2) is 46.0 Å². The third kappa shape index (κ3) is 5.37. The van der Waals surface area contributed by atoms with E-state index in [0.29, 0.717) is 19.0 Å². The number of halogens is 2. The highest BCUT2D eigenvalue weighted by Crippen LogP contribution is 2.25. The smallest absolute Gasteiger partial charge is 0.191 e. The van der Waals surface area contributed by atoms with Gasteiger partial charge < -0.3 is 20.0 Å². The lowest BCUT2D eigenvalue weighted by molar-refractivity contribution is 0.215.